The van der Waals surface area contributed by atoms with Crippen LogP contribution < -0.4 is 15.4 Å². The molecule has 0 bridgehead atoms. The van der Waals surface area contributed by atoms with E-state index < -0.39 is 17.2 Å². The van der Waals surface area contributed by atoms with Gasteiger partial charge in [0.2, 0.25) is 11.8 Å². The van der Waals surface area contributed by atoms with Crippen LogP contribution in [0.5, 0.6) is 5.75 Å². The molecule has 0 saturated heterocycles. The van der Waals surface area contributed by atoms with Crippen molar-refractivity contribution in [3.05, 3.63) is 59.9 Å². The first kappa shape index (κ1) is 20.4. The smallest absolute Gasteiger partial charge is 0.239 e. The summed E-state index contributed by atoms with van der Waals surface area (Å²) in [4.78, 5) is 25.2. The maximum absolute atomic E-state index is 12.9. The van der Waals surface area contributed by atoms with Crippen molar-refractivity contribution in [1.29, 1.82) is 0 Å². The molecule has 0 unspecified atom stereocenters. The summed E-state index contributed by atoms with van der Waals surface area (Å²) in [7, 11) is 0. The van der Waals surface area contributed by atoms with E-state index in [1.54, 1.807) is 44.2 Å². The van der Waals surface area contributed by atoms with Crippen LogP contribution >= 0.6 is 0 Å². The summed E-state index contributed by atoms with van der Waals surface area (Å²) in [5, 5.41) is 5.49. The van der Waals surface area contributed by atoms with Gasteiger partial charge in [-0.15, -0.1) is 0 Å². The highest BCUT2D eigenvalue weighted by molar-refractivity contribution is 6.10. The Balaban J connectivity index is 2.03. The number of carbonyl (C=O) groups is 2. The van der Waals surface area contributed by atoms with Crippen molar-refractivity contribution >= 4 is 17.5 Å². The zero-order chi connectivity index (χ0) is 20.0. The molecule has 2 aromatic rings. The van der Waals surface area contributed by atoms with Crippen LogP contribution in [0.2, 0.25) is 0 Å². The lowest BCUT2D eigenvalue weighted by atomic mass is 9.90. The van der Waals surface area contributed by atoms with Crippen molar-refractivity contribution in [3.63, 3.8) is 0 Å². The van der Waals surface area contributed by atoms with Gasteiger partial charge in [-0.05, 0) is 57.5 Å². The summed E-state index contributed by atoms with van der Waals surface area (Å²) < 4.78 is 18.6. The fourth-order valence-corrected chi connectivity index (χ4v) is 2.31. The Bertz CT molecular complexity index is 801. The van der Waals surface area contributed by atoms with E-state index in [1.165, 1.54) is 12.1 Å². The molecule has 0 aliphatic heterocycles. The first-order valence-corrected chi connectivity index (χ1v) is 8.80. The Kier molecular flexibility index (Phi) is 6.55. The molecule has 27 heavy (non-hydrogen) atoms. The molecule has 0 aliphatic carbocycles. The van der Waals surface area contributed by atoms with E-state index in [1.807, 2.05) is 19.9 Å². The predicted molar refractivity (Wildman–Crippen MR) is 103 cm³/mol. The van der Waals surface area contributed by atoms with Crippen LogP contribution in [-0.2, 0) is 16.1 Å². The third-order valence-electron chi connectivity index (χ3n) is 4.00. The third kappa shape index (κ3) is 5.54. The molecule has 0 heterocycles. The highest BCUT2D eigenvalue weighted by Gasteiger charge is 2.36. The van der Waals surface area contributed by atoms with E-state index in [2.05, 4.69) is 10.6 Å². The minimum Gasteiger partial charge on any atom is -0.489 e. The molecule has 0 saturated carbocycles. The zero-order valence-electron chi connectivity index (χ0n) is 16.0. The van der Waals surface area contributed by atoms with Gasteiger partial charge < -0.3 is 15.4 Å². The highest BCUT2D eigenvalue weighted by Crippen LogP contribution is 2.27. The van der Waals surface area contributed by atoms with E-state index in [-0.39, 0.29) is 18.5 Å². The van der Waals surface area contributed by atoms with Gasteiger partial charge in [-0.3, -0.25) is 9.59 Å². The Hall–Kier alpha value is -2.89. The van der Waals surface area contributed by atoms with Crippen molar-refractivity contribution in [2.75, 3.05) is 5.32 Å². The summed E-state index contributed by atoms with van der Waals surface area (Å²) in [5.74, 6) is -0.666. The van der Waals surface area contributed by atoms with Gasteiger partial charge in [0.25, 0.3) is 0 Å². The summed E-state index contributed by atoms with van der Waals surface area (Å²) >= 11 is 0. The number of para-hydroxylation sites is 2. The third-order valence-corrected chi connectivity index (χ3v) is 4.00. The summed E-state index contributed by atoms with van der Waals surface area (Å²) in [6, 6.07) is 12.9. The number of hydrogen-bond donors (Lipinski definition) is 2. The van der Waals surface area contributed by atoms with E-state index >= 15 is 0 Å². The lowest BCUT2D eigenvalue weighted by molar-refractivity contribution is -0.138. The molecule has 0 fully saturated rings. The molecule has 0 atom stereocenters. The SMILES string of the molecule is CC(C)Oc1ccccc1NC(=O)C(C)(C)C(=O)NCc1ccc(F)cc1. The molecule has 5 nitrogen and oxygen atoms in total. The Morgan fingerprint density at radius 2 is 1.67 bits per heavy atom. The Morgan fingerprint density at radius 3 is 2.30 bits per heavy atom. The van der Waals surface area contributed by atoms with E-state index in [0.29, 0.717) is 11.4 Å². The molecule has 2 N–H and O–H groups in total. The summed E-state index contributed by atoms with van der Waals surface area (Å²) in [6.07, 6.45) is -0.0462. The fraction of sp³-hybridized carbons (Fsp3) is 0.333. The molecule has 0 aromatic heterocycles. The van der Waals surface area contributed by atoms with Gasteiger partial charge in [0.1, 0.15) is 17.0 Å². The van der Waals surface area contributed by atoms with Gasteiger partial charge >= 0.3 is 0 Å². The maximum Gasteiger partial charge on any atom is 0.239 e. The molecule has 0 radical (unpaired) electrons. The molecular formula is C21H25FN2O3. The molecule has 2 amide bonds. The van der Waals surface area contributed by atoms with Crippen LogP contribution in [0.25, 0.3) is 0 Å². The summed E-state index contributed by atoms with van der Waals surface area (Å²) in [5.41, 5.74) is -0.0439. The van der Waals surface area contributed by atoms with Crippen molar-refractivity contribution in [3.8, 4) is 5.75 Å². The maximum atomic E-state index is 12.9. The van der Waals surface area contributed by atoms with E-state index in [4.69, 9.17) is 4.74 Å². The zero-order valence-corrected chi connectivity index (χ0v) is 16.0. The minimum atomic E-state index is -1.30. The average molecular weight is 372 g/mol. The van der Waals surface area contributed by atoms with Crippen LogP contribution in [0.4, 0.5) is 10.1 Å². The van der Waals surface area contributed by atoms with Gasteiger partial charge in [0.15, 0.2) is 0 Å². The molecule has 2 aromatic carbocycles. The number of anilines is 1. The van der Waals surface area contributed by atoms with Crippen molar-refractivity contribution in [2.24, 2.45) is 5.41 Å². The number of halogens is 1. The number of nitrogens with one attached hydrogen (secondary N) is 2. The van der Waals surface area contributed by atoms with Crippen LogP contribution in [-0.4, -0.2) is 17.9 Å². The molecule has 144 valence electrons. The van der Waals surface area contributed by atoms with Crippen LogP contribution in [0.15, 0.2) is 48.5 Å². The predicted octanol–water partition coefficient (Wildman–Crippen LogP) is 3.89. The fourth-order valence-electron chi connectivity index (χ4n) is 2.31. The molecule has 6 heteroatoms. The van der Waals surface area contributed by atoms with Gasteiger partial charge in [0.05, 0.1) is 11.8 Å². The van der Waals surface area contributed by atoms with Crippen molar-refractivity contribution < 1.29 is 18.7 Å². The largest absolute Gasteiger partial charge is 0.489 e. The first-order chi connectivity index (χ1) is 12.7. The molecular weight excluding hydrogens is 347 g/mol. The number of amides is 2. The second kappa shape index (κ2) is 8.66. The lowest BCUT2D eigenvalue weighted by Gasteiger charge is -2.24. The highest BCUT2D eigenvalue weighted by atomic mass is 19.1. The normalized spacial score (nSPS) is 11.2. The second-order valence-electron chi connectivity index (χ2n) is 7.05. The topological polar surface area (TPSA) is 67.4 Å². The Morgan fingerprint density at radius 1 is 1.04 bits per heavy atom. The molecule has 0 spiro atoms. The van der Waals surface area contributed by atoms with Gasteiger partial charge in [-0.25, -0.2) is 4.39 Å². The molecule has 2 rings (SSSR count). The minimum absolute atomic E-state index is 0.0462. The number of benzene rings is 2. The average Bonchev–Trinajstić information content (AvgIpc) is 2.62. The van der Waals surface area contributed by atoms with Crippen LogP contribution in [0, 0.1) is 11.2 Å². The second-order valence-corrected chi connectivity index (χ2v) is 7.05. The van der Waals surface area contributed by atoms with Crippen LogP contribution in [0.1, 0.15) is 33.3 Å². The van der Waals surface area contributed by atoms with E-state index in [0.717, 1.165) is 5.56 Å². The summed E-state index contributed by atoms with van der Waals surface area (Å²) in [6.45, 7) is 7.10. The van der Waals surface area contributed by atoms with Crippen molar-refractivity contribution in [2.45, 2.75) is 40.3 Å². The van der Waals surface area contributed by atoms with Gasteiger partial charge in [0, 0.05) is 6.54 Å². The Labute approximate surface area is 158 Å². The lowest BCUT2D eigenvalue weighted by Crippen LogP contribution is -2.44. The first-order valence-electron chi connectivity index (χ1n) is 8.80. The van der Waals surface area contributed by atoms with Gasteiger partial charge in [-0.2, -0.15) is 0 Å². The monoisotopic (exact) mass is 372 g/mol. The van der Waals surface area contributed by atoms with Crippen LogP contribution in [0.3, 0.4) is 0 Å². The molecule has 0 aliphatic rings. The number of ether oxygens (including phenoxy) is 1. The number of hydrogen-bond acceptors (Lipinski definition) is 3. The van der Waals surface area contributed by atoms with Gasteiger partial charge in [-0.1, -0.05) is 24.3 Å². The number of carbonyl (C=O) groups excluding carboxylic acids is 2. The van der Waals surface area contributed by atoms with E-state index in [9.17, 15) is 14.0 Å². The standard InChI is InChI=1S/C21H25FN2O3/c1-14(2)27-18-8-6-5-7-17(18)24-20(26)21(3,4)19(25)23-13-15-9-11-16(22)12-10-15/h5-12,14H,13H2,1-4H3,(H,23,25)(H,24,26). The number of rotatable bonds is 7. The van der Waals surface area contributed by atoms with Crippen molar-refractivity contribution in [1.82, 2.24) is 5.32 Å². The quantitative estimate of drug-likeness (QED) is 0.725.